The molecule has 5 heteroatoms. The lowest BCUT2D eigenvalue weighted by Gasteiger charge is -2.26. The Kier molecular flexibility index (Phi) is 3.83. The van der Waals surface area contributed by atoms with Gasteiger partial charge in [0.15, 0.2) is 5.82 Å². The van der Waals surface area contributed by atoms with Crippen molar-refractivity contribution in [1.82, 2.24) is 9.55 Å². The molecule has 0 unspecified atom stereocenters. The van der Waals surface area contributed by atoms with Crippen LogP contribution < -0.4 is 5.73 Å². The zero-order valence-corrected chi connectivity index (χ0v) is 12.3. The number of hydrogen-bond donors (Lipinski definition) is 1. The molecule has 1 heterocycles. The van der Waals surface area contributed by atoms with Crippen LogP contribution in [0.2, 0.25) is 0 Å². The van der Waals surface area contributed by atoms with Crippen molar-refractivity contribution in [3.8, 4) is 0 Å². The third kappa shape index (κ3) is 2.87. The summed E-state index contributed by atoms with van der Waals surface area (Å²) in [5, 5.41) is 0. The van der Waals surface area contributed by atoms with Gasteiger partial charge >= 0.3 is 0 Å². The van der Waals surface area contributed by atoms with Crippen molar-refractivity contribution in [2.45, 2.75) is 45.6 Å². The number of hydrogen-bond acceptors (Lipinski definition) is 2. The van der Waals surface area contributed by atoms with Crippen molar-refractivity contribution in [2.24, 2.45) is 11.8 Å². The van der Waals surface area contributed by atoms with Gasteiger partial charge in [-0.05, 0) is 18.3 Å². The first-order chi connectivity index (χ1) is 10.0. The highest BCUT2D eigenvalue weighted by Gasteiger charge is 2.19. The summed E-state index contributed by atoms with van der Waals surface area (Å²) in [6.07, 6.45) is 6.00. The molecule has 0 aliphatic heterocycles. The van der Waals surface area contributed by atoms with Gasteiger partial charge in [0.25, 0.3) is 0 Å². The summed E-state index contributed by atoms with van der Waals surface area (Å²) in [7, 11) is 0. The highest BCUT2D eigenvalue weighted by molar-refractivity contribution is 5.79. The fraction of sp³-hybridized carbons (Fsp3) is 0.562. The number of aryl methyl sites for hydroxylation is 1. The van der Waals surface area contributed by atoms with Gasteiger partial charge in [0.05, 0.1) is 5.52 Å². The second-order valence-electron chi connectivity index (χ2n) is 6.29. The molecule has 3 rings (SSSR count). The Labute approximate surface area is 123 Å². The molecule has 3 nitrogen and oxygen atoms in total. The molecule has 0 bridgehead atoms. The summed E-state index contributed by atoms with van der Waals surface area (Å²) in [5.74, 6) is 0.522. The van der Waals surface area contributed by atoms with Crippen LogP contribution in [0.3, 0.4) is 0 Å². The van der Waals surface area contributed by atoms with E-state index in [0.29, 0.717) is 18.0 Å². The summed E-state index contributed by atoms with van der Waals surface area (Å²) < 4.78 is 28.8. The van der Waals surface area contributed by atoms with Crippen LogP contribution in [0.1, 0.15) is 39.0 Å². The number of nitrogen functional groups attached to an aromatic ring is 1. The van der Waals surface area contributed by atoms with Gasteiger partial charge in [0.2, 0.25) is 5.95 Å². The number of nitrogens with zero attached hydrogens (tertiary/aromatic N) is 2. The van der Waals surface area contributed by atoms with E-state index >= 15 is 0 Å². The summed E-state index contributed by atoms with van der Waals surface area (Å²) in [6.45, 7) is 2.97. The molecule has 0 atom stereocenters. The number of halogens is 2. The molecule has 114 valence electrons. The Morgan fingerprint density at radius 2 is 1.95 bits per heavy atom. The molecule has 1 saturated carbocycles. The van der Waals surface area contributed by atoms with Gasteiger partial charge in [-0.2, -0.15) is 0 Å². The largest absolute Gasteiger partial charge is 0.369 e. The minimum Gasteiger partial charge on any atom is -0.369 e. The second kappa shape index (κ2) is 5.62. The van der Waals surface area contributed by atoms with Gasteiger partial charge in [-0.25, -0.2) is 13.8 Å². The van der Waals surface area contributed by atoms with E-state index in [0.717, 1.165) is 18.4 Å². The standard InChI is InChI=1S/C16H21F2N3/c1-10-2-4-11(5-3-10)6-7-21-14-9-12(17)8-13(18)15(14)20-16(21)19/h8-11H,2-7H2,1H3,(H2,19,20). The van der Waals surface area contributed by atoms with Crippen LogP contribution in [0.15, 0.2) is 12.1 Å². The topological polar surface area (TPSA) is 43.8 Å². The Bertz CT molecular complexity index is 642. The minimum absolute atomic E-state index is 0.158. The molecule has 0 spiro atoms. The van der Waals surface area contributed by atoms with Crippen LogP contribution in [0, 0.1) is 23.5 Å². The Morgan fingerprint density at radius 1 is 1.24 bits per heavy atom. The third-order valence-electron chi connectivity index (χ3n) is 4.70. The molecular weight excluding hydrogens is 272 g/mol. The molecule has 0 amide bonds. The average Bonchev–Trinajstić information content (AvgIpc) is 2.75. The van der Waals surface area contributed by atoms with Crippen molar-refractivity contribution in [3.05, 3.63) is 23.8 Å². The zero-order chi connectivity index (χ0) is 15.0. The van der Waals surface area contributed by atoms with Gasteiger partial charge in [0, 0.05) is 18.7 Å². The summed E-state index contributed by atoms with van der Waals surface area (Å²) in [5.41, 5.74) is 6.48. The quantitative estimate of drug-likeness (QED) is 0.925. The van der Waals surface area contributed by atoms with Gasteiger partial charge in [0.1, 0.15) is 11.3 Å². The minimum atomic E-state index is -0.651. The third-order valence-corrected chi connectivity index (χ3v) is 4.70. The lowest BCUT2D eigenvalue weighted by atomic mass is 9.81. The monoisotopic (exact) mass is 293 g/mol. The fourth-order valence-corrected chi connectivity index (χ4v) is 3.33. The normalized spacial score (nSPS) is 22.8. The number of nitrogens with two attached hydrogens (primary N) is 1. The van der Waals surface area contributed by atoms with Gasteiger partial charge in [-0.3, -0.25) is 0 Å². The molecule has 21 heavy (non-hydrogen) atoms. The first-order valence-corrected chi connectivity index (χ1v) is 7.65. The predicted molar refractivity (Wildman–Crippen MR) is 79.8 cm³/mol. The fourth-order valence-electron chi connectivity index (χ4n) is 3.33. The number of aromatic nitrogens is 2. The van der Waals surface area contributed by atoms with E-state index in [-0.39, 0.29) is 11.5 Å². The zero-order valence-electron chi connectivity index (χ0n) is 12.3. The summed E-state index contributed by atoms with van der Waals surface area (Å²) in [4.78, 5) is 4.03. The Hall–Kier alpha value is -1.65. The molecule has 2 N–H and O–H groups in total. The number of benzene rings is 1. The first kappa shape index (κ1) is 14.3. The van der Waals surface area contributed by atoms with Gasteiger partial charge < -0.3 is 10.3 Å². The van der Waals surface area contributed by atoms with E-state index < -0.39 is 11.6 Å². The molecular formula is C16H21F2N3. The van der Waals surface area contributed by atoms with Crippen molar-refractivity contribution in [2.75, 3.05) is 5.73 Å². The number of rotatable bonds is 3. The molecule has 1 aromatic carbocycles. The second-order valence-corrected chi connectivity index (χ2v) is 6.29. The van der Waals surface area contributed by atoms with Crippen LogP contribution in [0.25, 0.3) is 11.0 Å². The van der Waals surface area contributed by atoms with Crippen molar-refractivity contribution >= 4 is 17.0 Å². The van der Waals surface area contributed by atoms with E-state index in [4.69, 9.17) is 5.73 Å². The molecule has 1 aliphatic carbocycles. The van der Waals surface area contributed by atoms with Crippen molar-refractivity contribution in [3.63, 3.8) is 0 Å². The maximum atomic E-state index is 13.7. The summed E-state index contributed by atoms with van der Waals surface area (Å²) in [6, 6.07) is 2.16. The highest BCUT2D eigenvalue weighted by atomic mass is 19.1. The van der Waals surface area contributed by atoms with Crippen LogP contribution in [0.4, 0.5) is 14.7 Å². The Balaban J connectivity index is 1.79. The SMILES string of the molecule is CC1CCC(CCn2c(N)nc3c(F)cc(F)cc32)CC1. The van der Waals surface area contributed by atoms with Gasteiger partial charge in [-0.1, -0.05) is 32.6 Å². The van der Waals surface area contributed by atoms with Crippen LogP contribution in [-0.4, -0.2) is 9.55 Å². The van der Waals surface area contributed by atoms with E-state index in [9.17, 15) is 8.78 Å². The number of fused-ring (bicyclic) bond motifs is 1. The lowest BCUT2D eigenvalue weighted by Crippen LogP contribution is -2.15. The average molecular weight is 293 g/mol. The Morgan fingerprint density at radius 3 is 2.67 bits per heavy atom. The number of anilines is 1. The van der Waals surface area contributed by atoms with Crippen molar-refractivity contribution < 1.29 is 8.78 Å². The molecule has 1 fully saturated rings. The lowest BCUT2D eigenvalue weighted by molar-refractivity contribution is 0.270. The van der Waals surface area contributed by atoms with E-state index in [2.05, 4.69) is 11.9 Å². The van der Waals surface area contributed by atoms with Crippen LogP contribution in [0.5, 0.6) is 0 Å². The van der Waals surface area contributed by atoms with Crippen LogP contribution >= 0.6 is 0 Å². The predicted octanol–water partition coefficient (Wildman–Crippen LogP) is 4.11. The highest BCUT2D eigenvalue weighted by Crippen LogP contribution is 2.31. The molecule has 2 aromatic rings. The molecule has 0 radical (unpaired) electrons. The number of imidazole rings is 1. The van der Waals surface area contributed by atoms with Gasteiger partial charge in [-0.15, -0.1) is 0 Å². The van der Waals surface area contributed by atoms with Crippen LogP contribution in [-0.2, 0) is 6.54 Å². The molecule has 0 saturated heterocycles. The maximum Gasteiger partial charge on any atom is 0.201 e. The first-order valence-electron chi connectivity index (χ1n) is 7.65. The van der Waals surface area contributed by atoms with Crippen molar-refractivity contribution in [1.29, 1.82) is 0 Å². The van der Waals surface area contributed by atoms with E-state index in [1.165, 1.54) is 31.7 Å². The molecule has 1 aliphatic rings. The molecule has 1 aromatic heterocycles. The van der Waals surface area contributed by atoms with E-state index in [1.54, 1.807) is 4.57 Å². The van der Waals surface area contributed by atoms with E-state index in [1.807, 2.05) is 0 Å². The summed E-state index contributed by atoms with van der Waals surface area (Å²) >= 11 is 0. The maximum absolute atomic E-state index is 13.7. The smallest absolute Gasteiger partial charge is 0.201 e.